The molecule has 0 unspecified atom stereocenters. The number of fused-ring (bicyclic) bond motifs is 1. The Morgan fingerprint density at radius 1 is 0.852 bits per heavy atom. The number of rotatable bonds is 7. The standard InChI is InChI=1S/C22H29N3OS/c1-26-15-14-23-10-12-24(13-11-23)16-19-6-8-22(9-7-19)27-25-17-20-4-2-3-5-21(20)18-25/h2-9H,10-18H2,1H3. The van der Waals surface area contributed by atoms with Gasteiger partial charge in [0.1, 0.15) is 0 Å². The lowest BCUT2D eigenvalue weighted by atomic mass is 10.1. The zero-order chi connectivity index (χ0) is 18.5. The first-order chi connectivity index (χ1) is 13.3. The SMILES string of the molecule is COCCN1CCN(Cc2ccc(SN3Cc4ccccc4C3)cc2)CC1. The summed E-state index contributed by atoms with van der Waals surface area (Å²) in [5.41, 5.74) is 4.34. The first-order valence-electron chi connectivity index (χ1n) is 9.82. The second-order valence-corrected chi connectivity index (χ2v) is 8.58. The van der Waals surface area contributed by atoms with Gasteiger partial charge in [-0.2, -0.15) is 0 Å². The van der Waals surface area contributed by atoms with Crippen LogP contribution in [-0.2, 0) is 24.4 Å². The quantitative estimate of drug-likeness (QED) is 0.680. The summed E-state index contributed by atoms with van der Waals surface area (Å²) in [6, 6.07) is 17.9. The molecule has 2 aliphatic heterocycles. The van der Waals surface area contributed by atoms with Crippen LogP contribution in [-0.4, -0.2) is 60.5 Å². The molecule has 0 atom stereocenters. The van der Waals surface area contributed by atoms with Gasteiger partial charge in [0.2, 0.25) is 0 Å². The smallest absolute Gasteiger partial charge is 0.0589 e. The molecular formula is C22H29N3OS. The molecule has 5 heteroatoms. The van der Waals surface area contributed by atoms with Crippen LogP contribution in [0.2, 0.25) is 0 Å². The maximum absolute atomic E-state index is 5.18. The third-order valence-electron chi connectivity index (χ3n) is 5.45. The Balaban J connectivity index is 1.24. The fourth-order valence-corrected chi connectivity index (χ4v) is 4.78. The molecule has 1 saturated heterocycles. The fraction of sp³-hybridized carbons (Fsp3) is 0.455. The molecule has 0 radical (unpaired) electrons. The summed E-state index contributed by atoms with van der Waals surface area (Å²) in [4.78, 5) is 6.38. The van der Waals surface area contributed by atoms with Gasteiger partial charge in [0, 0.05) is 64.4 Å². The lowest BCUT2D eigenvalue weighted by molar-refractivity contribution is 0.0938. The van der Waals surface area contributed by atoms with Crippen LogP contribution in [0.3, 0.4) is 0 Å². The zero-order valence-corrected chi connectivity index (χ0v) is 17.0. The Morgan fingerprint density at radius 2 is 1.48 bits per heavy atom. The molecule has 4 nitrogen and oxygen atoms in total. The van der Waals surface area contributed by atoms with Crippen LogP contribution < -0.4 is 0 Å². The summed E-state index contributed by atoms with van der Waals surface area (Å²) >= 11 is 1.87. The van der Waals surface area contributed by atoms with E-state index < -0.39 is 0 Å². The molecule has 1 fully saturated rings. The van der Waals surface area contributed by atoms with Crippen molar-refractivity contribution >= 4 is 11.9 Å². The van der Waals surface area contributed by atoms with Gasteiger partial charge >= 0.3 is 0 Å². The number of piperazine rings is 1. The van der Waals surface area contributed by atoms with Crippen LogP contribution in [0, 0.1) is 0 Å². The average Bonchev–Trinajstić information content (AvgIpc) is 3.11. The van der Waals surface area contributed by atoms with E-state index in [-0.39, 0.29) is 0 Å². The number of nitrogens with zero attached hydrogens (tertiary/aromatic N) is 3. The van der Waals surface area contributed by atoms with Crippen molar-refractivity contribution in [2.75, 3.05) is 46.4 Å². The molecule has 2 aliphatic rings. The van der Waals surface area contributed by atoms with Crippen molar-refractivity contribution in [3.63, 3.8) is 0 Å². The van der Waals surface area contributed by atoms with E-state index in [1.165, 1.54) is 21.6 Å². The highest BCUT2D eigenvalue weighted by Gasteiger charge is 2.19. The molecule has 0 aromatic heterocycles. The van der Waals surface area contributed by atoms with E-state index in [0.717, 1.165) is 59.0 Å². The maximum atomic E-state index is 5.18. The van der Waals surface area contributed by atoms with E-state index in [2.05, 4.69) is 62.6 Å². The van der Waals surface area contributed by atoms with E-state index in [0.29, 0.717) is 0 Å². The van der Waals surface area contributed by atoms with Gasteiger partial charge in [-0.25, -0.2) is 4.31 Å². The third kappa shape index (κ3) is 5.12. The highest BCUT2D eigenvalue weighted by atomic mass is 32.2. The van der Waals surface area contributed by atoms with Crippen molar-refractivity contribution < 1.29 is 4.74 Å². The monoisotopic (exact) mass is 383 g/mol. The minimum atomic E-state index is 0.835. The van der Waals surface area contributed by atoms with Gasteiger partial charge in [-0.15, -0.1) is 0 Å². The molecule has 144 valence electrons. The summed E-state index contributed by atoms with van der Waals surface area (Å²) in [6.07, 6.45) is 0. The van der Waals surface area contributed by atoms with E-state index >= 15 is 0 Å². The van der Waals surface area contributed by atoms with Crippen molar-refractivity contribution in [3.8, 4) is 0 Å². The van der Waals surface area contributed by atoms with Crippen LogP contribution >= 0.6 is 11.9 Å². The molecule has 4 rings (SSSR count). The van der Waals surface area contributed by atoms with E-state index in [4.69, 9.17) is 4.74 Å². The normalized spacial score (nSPS) is 18.7. The Bertz CT molecular complexity index is 704. The molecule has 0 amide bonds. The number of hydrogen-bond acceptors (Lipinski definition) is 5. The molecule has 27 heavy (non-hydrogen) atoms. The van der Waals surface area contributed by atoms with Crippen molar-refractivity contribution in [3.05, 3.63) is 65.2 Å². The fourth-order valence-electron chi connectivity index (χ4n) is 3.82. The Labute approximate surface area is 167 Å². The van der Waals surface area contributed by atoms with Gasteiger partial charge < -0.3 is 4.74 Å². The van der Waals surface area contributed by atoms with Gasteiger partial charge in [0.25, 0.3) is 0 Å². The van der Waals surface area contributed by atoms with Crippen molar-refractivity contribution in [1.29, 1.82) is 0 Å². The third-order valence-corrected chi connectivity index (χ3v) is 6.45. The number of methoxy groups -OCH3 is 1. The predicted octanol–water partition coefficient (Wildman–Crippen LogP) is 3.47. The van der Waals surface area contributed by atoms with Crippen LogP contribution in [0.5, 0.6) is 0 Å². The highest BCUT2D eigenvalue weighted by molar-refractivity contribution is 7.97. The summed E-state index contributed by atoms with van der Waals surface area (Å²) in [5, 5.41) is 0. The summed E-state index contributed by atoms with van der Waals surface area (Å²) in [5.74, 6) is 0. The minimum Gasteiger partial charge on any atom is -0.383 e. The van der Waals surface area contributed by atoms with Gasteiger partial charge in [-0.1, -0.05) is 36.4 Å². The Hall–Kier alpha value is -1.37. The van der Waals surface area contributed by atoms with Gasteiger partial charge in [-0.05, 0) is 40.8 Å². The molecule has 0 saturated carbocycles. The Morgan fingerprint density at radius 3 is 2.11 bits per heavy atom. The van der Waals surface area contributed by atoms with Crippen LogP contribution in [0.4, 0.5) is 0 Å². The van der Waals surface area contributed by atoms with Gasteiger partial charge in [0.15, 0.2) is 0 Å². The minimum absolute atomic E-state index is 0.835. The second-order valence-electron chi connectivity index (χ2n) is 7.41. The van der Waals surface area contributed by atoms with Gasteiger partial charge in [-0.3, -0.25) is 9.80 Å². The average molecular weight is 384 g/mol. The van der Waals surface area contributed by atoms with Crippen LogP contribution in [0.25, 0.3) is 0 Å². The molecular weight excluding hydrogens is 354 g/mol. The highest BCUT2D eigenvalue weighted by Crippen LogP contribution is 2.32. The van der Waals surface area contributed by atoms with Crippen LogP contribution in [0.15, 0.2) is 53.4 Å². The van der Waals surface area contributed by atoms with E-state index in [9.17, 15) is 0 Å². The van der Waals surface area contributed by atoms with Crippen LogP contribution in [0.1, 0.15) is 16.7 Å². The molecule has 0 N–H and O–H groups in total. The largest absolute Gasteiger partial charge is 0.383 e. The summed E-state index contributed by atoms with van der Waals surface area (Å²) in [7, 11) is 1.78. The summed E-state index contributed by atoms with van der Waals surface area (Å²) < 4.78 is 7.63. The molecule has 2 aromatic carbocycles. The van der Waals surface area contributed by atoms with E-state index in [1.807, 2.05) is 11.9 Å². The predicted molar refractivity (Wildman–Crippen MR) is 112 cm³/mol. The van der Waals surface area contributed by atoms with Crippen molar-refractivity contribution in [2.24, 2.45) is 0 Å². The molecule has 0 spiro atoms. The summed E-state index contributed by atoms with van der Waals surface area (Å²) in [6.45, 7) is 9.60. The van der Waals surface area contributed by atoms with E-state index in [1.54, 1.807) is 7.11 Å². The zero-order valence-electron chi connectivity index (χ0n) is 16.1. The maximum Gasteiger partial charge on any atom is 0.0589 e. The number of hydrogen-bond donors (Lipinski definition) is 0. The lowest BCUT2D eigenvalue weighted by Gasteiger charge is -2.34. The van der Waals surface area contributed by atoms with Gasteiger partial charge in [0.05, 0.1) is 6.61 Å². The first kappa shape index (κ1) is 19.0. The number of benzene rings is 2. The lowest BCUT2D eigenvalue weighted by Crippen LogP contribution is -2.46. The van der Waals surface area contributed by atoms with Crippen molar-refractivity contribution in [2.45, 2.75) is 24.5 Å². The molecule has 2 aromatic rings. The topological polar surface area (TPSA) is 19.0 Å². The molecule has 0 aliphatic carbocycles. The molecule has 0 bridgehead atoms. The molecule has 2 heterocycles. The Kier molecular flexibility index (Phi) is 6.47. The van der Waals surface area contributed by atoms with Crippen molar-refractivity contribution in [1.82, 2.24) is 14.1 Å². The first-order valence-corrected chi connectivity index (χ1v) is 10.6. The number of ether oxygens (including phenoxy) is 1. The second kappa shape index (κ2) is 9.22.